The SMILES string of the molecule is CC(C)C(CO)Oc1cc(Oc2ccc(S(C)(=O)=O)cc2)cc(C(=O)Nc2nccs2)c1. The highest BCUT2D eigenvalue weighted by Gasteiger charge is 2.18. The molecule has 1 aromatic heterocycles. The molecule has 0 aliphatic heterocycles. The molecule has 0 aliphatic carbocycles. The molecule has 3 aromatic rings. The summed E-state index contributed by atoms with van der Waals surface area (Å²) in [6.07, 6.45) is 2.25. The van der Waals surface area contributed by atoms with Crippen LogP contribution in [-0.2, 0) is 9.84 Å². The van der Waals surface area contributed by atoms with E-state index in [0.717, 1.165) is 6.26 Å². The second-order valence-electron chi connectivity index (χ2n) is 7.41. The van der Waals surface area contributed by atoms with Gasteiger partial charge in [0.1, 0.15) is 23.4 Å². The Morgan fingerprint density at radius 1 is 1.12 bits per heavy atom. The minimum Gasteiger partial charge on any atom is -0.488 e. The lowest BCUT2D eigenvalue weighted by Crippen LogP contribution is -2.27. The number of sulfone groups is 1. The third-order valence-electron chi connectivity index (χ3n) is 4.49. The van der Waals surface area contributed by atoms with Gasteiger partial charge in [-0.25, -0.2) is 13.4 Å². The van der Waals surface area contributed by atoms with Crippen molar-refractivity contribution in [3.05, 3.63) is 59.6 Å². The average molecular weight is 477 g/mol. The summed E-state index contributed by atoms with van der Waals surface area (Å²) in [5.74, 6) is 0.712. The number of anilines is 1. The van der Waals surface area contributed by atoms with Crippen molar-refractivity contribution < 1.29 is 27.8 Å². The maximum Gasteiger partial charge on any atom is 0.257 e. The molecular formula is C22H24N2O6S2. The Morgan fingerprint density at radius 3 is 2.38 bits per heavy atom. The van der Waals surface area contributed by atoms with Crippen molar-refractivity contribution in [2.24, 2.45) is 5.92 Å². The Kier molecular flexibility index (Phi) is 7.49. The third-order valence-corrected chi connectivity index (χ3v) is 6.31. The van der Waals surface area contributed by atoms with E-state index in [9.17, 15) is 18.3 Å². The van der Waals surface area contributed by atoms with Gasteiger partial charge in [-0.05, 0) is 42.3 Å². The summed E-state index contributed by atoms with van der Waals surface area (Å²) in [5, 5.41) is 14.5. The molecule has 0 saturated carbocycles. The Bertz CT molecular complexity index is 1160. The molecule has 0 aliphatic rings. The van der Waals surface area contributed by atoms with Crippen LogP contribution in [-0.4, -0.2) is 43.4 Å². The van der Waals surface area contributed by atoms with Crippen LogP contribution in [0.5, 0.6) is 17.2 Å². The first-order valence-corrected chi connectivity index (χ1v) is 12.5. The number of aromatic nitrogens is 1. The fraction of sp³-hybridized carbons (Fsp3) is 0.273. The van der Waals surface area contributed by atoms with Gasteiger partial charge in [0.15, 0.2) is 15.0 Å². The summed E-state index contributed by atoms with van der Waals surface area (Å²) in [7, 11) is -3.32. The Morgan fingerprint density at radius 2 is 1.81 bits per heavy atom. The Balaban J connectivity index is 1.90. The first-order valence-electron chi connectivity index (χ1n) is 9.77. The van der Waals surface area contributed by atoms with E-state index in [1.54, 1.807) is 29.8 Å². The van der Waals surface area contributed by atoms with Gasteiger partial charge in [0.25, 0.3) is 5.91 Å². The third kappa shape index (κ3) is 6.28. The molecule has 0 saturated heterocycles. The fourth-order valence-corrected chi connectivity index (χ4v) is 3.89. The number of carbonyl (C=O) groups excluding carboxylic acids is 1. The summed E-state index contributed by atoms with van der Waals surface area (Å²) < 4.78 is 35.1. The zero-order chi connectivity index (χ0) is 23.3. The molecule has 1 amide bonds. The average Bonchev–Trinajstić information content (AvgIpc) is 3.24. The van der Waals surface area contributed by atoms with E-state index in [4.69, 9.17) is 9.47 Å². The number of hydrogen-bond acceptors (Lipinski definition) is 8. The topological polar surface area (TPSA) is 115 Å². The van der Waals surface area contributed by atoms with Crippen LogP contribution in [0.4, 0.5) is 5.13 Å². The normalized spacial score (nSPS) is 12.4. The molecule has 170 valence electrons. The minimum absolute atomic E-state index is 0.0423. The van der Waals surface area contributed by atoms with Crippen LogP contribution in [0.1, 0.15) is 24.2 Å². The van der Waals surface area contributed by atoms with Gasteiger partial charge in [-0.2, -0.15) is 0 Å². The lowest BCUT2D eigenvalue weighted by atomic mass is 10.1. The summed E-state index contributed by atoms with van der Waals surface area (Å²) in [4.78, 5) is 17.0. The Hall–Kier alpha value is -2.95. The van der Waals surface area contributed by atoms with Gasteiger partial charge >= 0.3 is 0 Å². The van der Waals surface area contributed by atoms with Crippen LogP contribution < -0.4 is 14.8 Å². The predicted molar refractivity (Wildman–Crippen MR) is 122 cm³/mol. The molecule has 0 fully saturated rings. The Labute approximate surface area is 190 Å². The van der Waals surface area contributed by atoms with Crippen LogP contribution in [0, 0.1) is 5.92 Å². The number of hydrogen-bond donors (Lipinski definition) is 2. The second-order valence-corrected chi connectivity index (χ2v) is 10.3. The van der Waals surface area contributed by atoms with Crippen LogP contribution in [0.2, 0.25) is 0 Å². The largest absolute Gasteiger partial charge is 0.488 e. The standard InChI is InChI=1S/C22H24N2O6S2/c1-14(2)20(13-25)30-18-11-15(21(26)24-22-23-8-9-31-22)10-17(12-18)29-16-4-6-19(7-5-16)32(3,27)28/h4-12,14,20,25H,13H2,1-3H3,(H,23,24,26). The van der Waals surface area contributed by atoms with Crippen molar-refractivity contribution in [3.8, 4) is 17.2 Å². The number of rotatable bonds is 9. The van der Waals surface area contributed by atoms with E-state index < -0.39 is 21.8 Å². The van der Waals surface area contributed by atoms with E-state index >= 15 is 0 Å². The number of carbonyl (C=O) groups is 1. The summed E-state index contributed by atoms with van der Waals surface area (Å²) in [6, 6.07) is 10.7. The summed E-state index contributed by atoms with van der Waals surface area (Å²) >= 11 is 1.29. The lowest BCUT2D eigenvalue weighted by molar-refractivity contribution is 0.0798. The molecule has 1 unspecified atom stereocenters. The zero-order valence-electron chi connectivity index (χ0n) is 17.8. The minimum atomic E-state index is -3.32. The zero-order valence-corrected chi connectivity index (χ0v) is 19.4. The molecule has 1 heterocycles. The first-order chi connectivity index (χ1) is 15.2. The molecule has 1 atom stereocenters. The van der Waals surface area contributed by atoms with Crippen molar-refractivity contribution in [3.63, 3.8) is 0 Å². The van der Waals surface area contributed by atoms with Crippen LogP contribution in [0.3, 0.4) is 0 Å². The molecule has 3 rings (SSSR count). The van der Waals surface area contributed by atoms with E-state index in [0.29, 0.717) is 22.4 Å². The highest BCUT2D eigenvalue weighted by molar-refractivity contribution is 7.90. The summed E-state index contributed by atoms with van der Waals surface area (Å²) in [6.45, 7) is 3.65. The van der Waals surface area contributed by atoms with Crippen LogP contribution >= 0.6 is 11.3 Å². The van der Waals surface area contributed by atoms with Gasteiger partial charge in [0.05, 0.1) is 11.5 Å². The quantitative estimate of drug-likeness (QED) is 0.480. The van der Waals surface area contributed by atoms with Crippen molar-refractivity contribution in [1.29, 1.82) is 0 Å². The number of ether oxygens (including phenoxy) is 2. The highest BCUT2D eigenvalue weighted by atomic mass is 32.2. The van der Waals surface area contributed by atoms with Gasteiger partial charge in [0.2, 0.25) is 0 Å². The van der Waals surface area contributed by atoms with Crippen molar-refractivity contribution >= 4 is 32.2 Å². The second kappa shape index (κ2) is 10.1. The molecule has 0 radical (unpaired) electrons. The number of amides is 1. The van der Waals surface area contributed by atoms with E-state index in [2.05, 4.69) is 10.3 Å². The van der Waals surface area contributed by atoms with Gasteiger partial charge < -0.3 is 14.6 Å². The predicted octanol–water partition coefficient (Wildman–Crippen LogP) is 3.99. The lowest BCUT2D eigenvalue weighted by Gasteiger charge is -2.21. The maximum absolute atomic E-state index is 12.7. The van der Waals surface area contributed by atoms with E-state index in [-0.39, 0.29) is 23.0 Å². The molecule has 2 aromatic carbocycles. The number of nitrogens with zero attached hydrogens (tertiary/aromatic N) is 1. The molecule has 8 nitrogen and oxygen atoms in total. The fourth-order valence-electron chi connectivity index (χ4n) is 2.73. The highest BCUT2D eigenvalue weighted by Crippen LogP contribution is 2.30. The molecule has 0 bridgehead atoms. The van der Waals surface area contributed by atoms with E-state index in [1.807, 2.05) is 13.8 Å². The van der Waals surface area contributed by atoms with Gasteiger partial charge in [-0.1, -0.05) is 13.8 Å². The van der Waals surface area contributed by atoms with Gasteiger partial charge in [0, 0.05) is 29.5 Å². The summed E-state index contributed by atoms with van der Waals surface area (Å²) in [5.41, 5.74) is 0.279. The van der Waals surface area contributed by atoms with Crippen molar-refractivity contribution in [2.45, 2.75) is 24.8 Å². The molecule has 10 heteroatoms. The molecular weight excluding hydrogens is 452 g/mol. The molecule has 2 N–H and O–H groups in total. The molecule has 0 spiro atoms. The number of thiazole rings is 1. The van der Waals surface area contributed by atoms with Crippen molar-refractivity contribution in [2.75, 3.05) is 18.2 Å². The van der Waals surface area contributed by atoms with Crippen LogP contribution in [0.15, 0.2) is 58.9 Å². The molecule has 32 heavy (non-hydrogen) atoms. The smallest absolute Gasteiger partial charge is 0.257 e. The van der Waals surface area contributed by atoms with Crippen LogP contribution in [0.25, 0.3) is 0 Å². The number of aliphatic hydroxyl groups excluding tert-OH is 1. The maximum atomic E-state index is 12.7. The number of nitrogens with one attached hydrogen (secondary N) is 1. The van der Waals surface area contributed by atoms with Gasteiger partial charge in [-0.15, -0.1) is 11.3 Å². The van der Waals surface area contributed by atoms with Gasteiger partial charge in [-0.3, -0.25) is 10.1 Å². The first kappa shape index (κ1) is 23.7. The van der Waals surface area contributed by atoms with Crippen molar-refractivity contribution in [1.82, 2.24) is 4.98 Å². The number of aliphatic hydroxyl groups is 1. The number of benzene rings is 2. The monoisotopic (exact) mass is 476 g/mol. The van der Waals surface area contributed by atoms with E-state index in [1.165, 1.54) is 35.6 Å².